The number of nitrogens with zero attached hydrogens (tertiary/aromatic N) is 2. The van der Waals surface area contributed by atoms with E-state index in [1.54, 1.807) is 6.07 Å². The fourth-order valence-electron chi connectivity index (χ4n) is 2.58. The number of halogens is 1. The van der Waals surface area contributed by atoms with Crippen molar-refractivity contribution >= 4 is 11.6 Å². The van der Waals surface area contributed by atoms with Crippen molar-refractivity contribution < 1.29 is 5.11 Å². The molecule has 2 N–H and O–H groups in total. The van der Waals surface area contributed by atoms with Crippen molar-refractivity contribution in [3.63, 3.8) is 0 Å². The number of hydrogen-bond acceptors (Lipinski definition) is 3. The van der Waals surface area contributed by atoms with Crippen molar-refractivity contribution in [2.45, 2.75) is 19.6 Å². The first kappa shape index (κ1) is 16.7. The molecule has 24 heavy (non-hydrogen) atoms. The lowest BCUT2D eigenvalue weighted by Crippen LogP contribution is -2.21. The minimum absolute atomic E-state index is 0.430. The lowest BCUT2D eigenvalue weighted by molar-refractivity contribution is 0.174. The Kier molecular flexibility index (Phi) is 5.30. The summed E-state index contributed by atoms with van der Waals surface area (Å²) in [6, 6.07) is 17.4. The van der Waals surface area contributed by atoms with E-state index < -0.39 is 6.10 Å². The van der Waals surface area contributed by atoms with E-state index in [0.29, 0.717) is 18.1 Å². The van der Waals surface area contributed by atoms with Crippen LogP contribution in [0.1, 0.15) is 22.9 Å². The summed E-state index contributed by atoms with van der Waals surface area (Å²) in [7, 11) is 0. The molecule has 1 aromatic heterocycles. The minimum atomic E-state index is -0.636. The maximum atomic E-state index is 10.3. The zero-order valence-electron chi connectivity index (χ0n) is 13.5. The van der Waals surface area contributed by atoms with Gasteiger partial charge in [0, 0.05) is 35.4 Å². The van der Waals surface area contributed by atoms with Gasteiger partial charge >= 0.3 is 0 Å². The second kappa shape index (κ2) is 7.62. The maximum Gasteiger partial charge on any atom is 0.0928 e. The monoisotopic (exact) mass is 341 g/mol. The number of nitrogens with one attached hydrogen (secondary N) is 1. The molecular weight excluding hydrogens is 322 g/mol. The van der Waals surface area contributed by atoms with Crippen molar-refractivity contribution in [1.82, 2.24) is 15.1 Å². The van der Waals surface area contributed by atoms with Gasteiger partial charge in [0.2, 0.25) is 0 Å². The van der Waals surface area contributed by atoms with Crippen molar-refractivity contribution in [2.75, 3.05) is 6.54 Å². The van der Waals surface area contributed by atoms with E-state index in [1.165, 1.54) is 0 Å². The quantitative estimate of drug-likeness (QED) is 0.719. The number of aryl methyl sites for hydroxylation is 1. The van der Waals surface area contributed by atoms with Crippen LogP contribution in [0.5, 0.6) is 0 Å². The molecule has 0 fully saturated rings. The largest absolute Gasteiger partial charge is 0.387 e. The molecular formula is C19H20ClN3O. The zero-order valence-corrected chi connectivity index (χ0v) is 14.2. The average Bonchev–Trinajstić information content (AvgIpc) is 2.97. The Morgan fingerprint density at radius 3 is 2.58 bits per heavy atom. The normalized spacial score (nSPS) is 12.3. The summed E-state index contributed by atoms with van der Waals surface area (Å²) < 4.78 is 1.87. The van der Waals surface area contributed by atoms with E-state index in [9.17, 15) is 5.11 Å². The fraction of sp³-hybridized carbons (Fsp3) is 0.211. The van der Waals surface area contributed by atoms with Crippen LogP contribution in [-0.2, 0) is 6.54 Å². The topological polar surface area (TPSA) is 50.1 Å². The van der Waals surface area contributed by atoms with Crippen LogP contribution >= 0.6 is 11.6 Å². The standard InChI is InChI=1S/C19H20ClN3O/c1-14-15(13-23(22-14)16-7-3-2-4-8-16)11-21-12-19(24)17-9-5-6-10-18(17)20/h2-10,13,19,21,24H,11-12H2,1H3. The van der Waals surface area contributed by atoms with E-state index in [-0.39, 0.29) is 0 Å². The van der Waals surface area contributed by atoms with E-state index in [0.717, 1.165) is 22.5 Å². The lowest BCUT2D eigenvalue weighted by Gasteiger charge is -2.13. The smallest absolute Gasteiger partial charge is 0.0928 e. The van der Waals surface area contributed by atoms with Gasteiger partial charge in [0.05, 0.1) is 17.5 Å². The molecule has 0 aliphatic carbocycles. The SMILES string of the molecule is Cc1nn(-c2ccccc2)cc1CNCC(O)c1ccccc1Cl. The average molecular weight is 342 g/mol. The highest BCUT2D eigenvalue weighted by Crippen LogP contribution is 2.22. The zero-order chi connectivity index (χ0) is 16.9. The van der Waals surface area contributed by atoms with Crippen LogP contribution in [0, 0.1) is 6.92 Å². The summed E-state index contributed by atoms with van der Waals surface area (Å²) in [4.78, 5) is 0. The molecule has 3 aromatic rings. The highest BCUT2D eigenvalue weighted by atomic mass is 35.5. The number of aliphatic hydroxyl groups is 1. The molecule has 0 amide bonds. The Morgan fingerprint density at radius 2 is 1.83 bits per heavy atom. The summed E-state index contributed by atoms with van der Waals surface area (Å²) in [5, 5.41) is 18.7. The van der Waals surface area contributed by atoms with Gasteiger partial charge in [0.25, 0.3) is 0 Å². The van der Waals surface area contributed by atoms with Gasteiger partial charge in [-0.25, -0.2) is 4.68 Å². The molecule has 2 aromatic carbocycles. The molecule has 1 unspecified atom stereocenters. The highest BCUT2D eigenvalue weighted by molar-refractivity contribution is 6.31. The third kappa shape index (κ3) is 3.85. The van der Waals surface area contributed by atoms with Gasteiger partial charge in [-0.1, -0.05) is 48.0 Å². The van der Waals surface area contributed by atoms with Crippen molar-refractivity contribution in [3.05, 3.63) is 82.6 Å². The molecule has 3 rings (SSSR count). The Balaban J connectivity index is 1.61. The molecule has 0 saturated heterocycles. The van der Waals surface area contributed by atoms with E-state index in [1.807, 2.05) is 66.3 Å². The number of para-hydroxylation sites is 1. The van der Waals surface area contributed by atoms with Crippen LogP contribution < -0.4 is 5.32 Å². The second-order valence-corrected chi connectivity index (χ2v) is 6.10. The van der Waals surface area contributed by atoms with Crippen molar-refractivity contribution in [1.29, 1.82) is 0 Å². The third-order valence-electron chi connectivity index (χ3n) is 3.94. The van der Waals surface area contributed by atoms with Crippen LogP contribution in [0.4, 0.5) is 0 Å². The van der Waals surface area contributed by atoms with Crippen LogP contribution in [0.3, 0.4) is 0 Å². The molecule has 1 atom stereocenters. The van der Waals surface area contributed by atoms with Crippen LogP contribution in [0.2, 0.25) is 5.02 Å². The number of aromatic nitrogens is 2. The molecule has 1 heterocycles. The second-order valence-electron chi connectivity index (χ2n) is 5.69. The molecule has 4 nitrogen and oxygen atoms in total. The van der Waals surface area contributed by atoms with E-state index in [4.69, 9.17) is 11.6 Å². The molecule has 124 valence electrons. The molecule has 0 radical (unpaired) electrons. The maximum absolute atomic E-state index is 10.3. The van der Waals surface area contributed by atoms with Gasteiger partial charge in [-0.05, 0) is 25.1 Å². The molecule has 0 bridgehead atoms. The predicted molar refractivity (Wildman–Crippen MR) is 96.4 cm³/mol. The summed E-state index contributed by atoms with van der Waals surface area (Å²) in [5.41, 5.74) is 3.84. The Bertz CT molecular complexity index is 801. The molecule has 5 heteroatoms. The van der Waals surface area contributed by atoms with Gasteiger partial charge in [-0.15, -0.1) is 0 Å². The number of benzene rings is 2. The highest BCUT2D eigenvalue weighted by Gasteiger charge is 2.11. The van der Waals surface area contributed by atoms with E-state index >= 15 is 0 Å². The number of aliphatic hydroxyl groups excluding tert-OH is 1. The first-order valence-electron chi connectivity index (χ1n) is 7.89. The Hall–Kier alpha value is -2.14. The lowest BCUT2D eigenvalue weighted by atomic mass is 10.1. The van der Waals surface area contributed by atoms with Gasteiger partial charge in [0.1, 0.15) is 0 Å². The summed E-state index contributed by atoms with van der Waals surface area (Å²) >= 11 is 6.11. The van der Waals surface area contributed by atoms with Crippen LogP contribution in [-0.4, -0.2) is 21.4 Å². The number of hydrogen-bond donors (Lipinski definition) is 2. The molecule has 0 aliphatic heterocycles. The Labute approximate surface area is 146 Å². The number of rotatable bonds is 6. The van der Waals surface area contributed by atoms with Gasteiger partial charge in [-0.2, -0.15) is 5.10 Å². The van der Waals surface area contributed by atoms with Crippen LogP contribution in [0.15, 0.2) is 60.8 Å². The first-order valence-corrected chi connectivity index (χ1v) is 8.26. The van der Waals surface area contributed by atoms with Gasteiger partial charge in [0.15, 0.2) is 0 Å². The molecule has 0 saturated carbocycles. The molecule has 0 spiro atoms. The third-order valence-corrected chi connectivity index (χ3v) is 4.28. The summed E-state index contributed by atoms with van der Waals surface area (Å²) in [5.74, 6) is 0. The first-order chi connectivity index (χ1) is 11.6. The summed E-state index contributed by atoms with van der Waals surface area (Å²) in [6.07, 6.45) is 1.38. The summed E-state index contributed by atoms with van der Waals surface area (Å²) in [6.45, 7) is 3.06. The van der Waals surface area contributed by atoms with Crippen LogP contribution in [0.25, 0.3) is 5.69 Å². The van der Waals surface area contributed by atoms with Gasteiger partial charge < -0.3 is 10.4 Å². The van der Waals surface area contributed by atoms with Crippen molar-refractivity contribution in [3.8, 4) is 5.69 Å². The van der Waals surface area contributed by atoms with Crippen molar-refractivity contribution in [2.24, 2.45) is 0 Å². The minimum Gasteiger partial charge on any atom is -0.387 e. The predicted octanol–water partition coefficient (Wildman–Crippen LogP) is 3.66. The fourth-order valence-corrected chi connectivity index (χ4v) is 2.84. The van der Waals surface area contributed by atoms with Gasteiger partial charge in [-0.3, -0.25) is 0 Å². The molecule has 0 aliphatic rings. The van der Waals surface area contributed by atoms with E-state index in [2.05, 4.69) is 10.4 Å². The Morgan fingerprint density at radius 1 is 1.12 bits per heavy atom.